The number of methoxy groups -OCH3 is 1. The lowest BCUT2D eigenvalue weighted by molar-refractivity contribution is 0.0519. The smallest absolute Gasteiger partial charge is 0.355 e. The number of nitrogens with zero attached hydrogens (tertiary/aromatic N) is 1. The Balaban J connectivity index is 1.72. The molecule has 0 saturated heterocycles. The van der Waals surface area contributed by atoms with Crippen LogP contribution in [0, 0.1) is 13.8 Å². The third-order valence-corrected chi connectivity index (χ3v) is 7.71. The molecule has 3 aromatic rings. The zero-order valence-corrected chi connectivity index (χ0v) is 20.9. The monoisotopic (exact) mass is 500 g/mol. The molecule has 0 saturated carbocycles. The Morgan fingerprint density at radius 3 is 2.46 bits per heavy atom. The average Bonchev–Trinajstić information content (AvgIpc) is 3.43. The predicted octanol–water partition coefficient (Wildman–Crippen LogP) is 3.94. The fourth-order valence-electron chi connectivity index (χ4n) is 3.98. The Morgan fingerprint density at radius 2 is 1.77 bits per heavy atom. The first-order chi connectivity index (χ1) is 16.7. The number of carbonyl (C=O) groups excluding carboxylic acids is 1. The summed E-state index contributed by atoms with van der Waals surface area (Å²) in [4.78, 5) is 15.6. The van der Waals surface area contributed by atoms with E-state index in [0.717, 1.165) is 5.56 Å². The molecule has 4 rings (SSSR count). The molecule has 0 atom stereocenters. The molecule has 0 fully saturated rings. The number of hydrogen-bond acceptors (Lipinski definition) is 7. The number of aromatic amines is 1. The van der Waals surface area contributed by atoms with Crippen molar-refractivity contribution in [1.29, 1.82) is 0 Å². The highest BCUT2D eigenvalue weighted by Crippen LogP contribution is 2.34. The van der Waals surface area contributed by atoms with Gasteiger partial charge in [0.15, 0.2) is 11.5 Å². The van der Waals surface area contributed by atoms with Crippen molar-refractivity contribution >= 4 is 16.0 Å². The molecule has 0 unspecified atom stereocenters. The normalized spacial score (nSPS) is 12.7. The molecule has 9 nitrogen and oxygen atoms in total. The van der Waals surface area contributed by atoms with Gasteiger partial charge in [0.25, 0.3) is 0 Å². The second-order valence-electron chi connectivity index (χ2n) is 8.09. The van der Waals surface area contributed by atoms with E-state index in [-0.39, 0.29) is 31.4 Å². The highest BCUT2D eigenvalue weighted by Gasteiger charge is 2.29. The molecule has 0 radical (unpaired) electrons. The van der Waals surface area contributed by atoms with Crippen LogP contribution in [-0.4, -0.2) is 44.2 Å². The molecular formula is C25H28N2O7S. The Morgan fingerprint density at radius 1 is 1.06 bits per heavy atom. The van der Waals surface area contributed by atoms with E-state index in [1.165, 1.54) is 23.5 Å². The molecule has 1 aliphatic heterocycles. The lowest BCUT2D eigenvalue weighted by atomic mass is 10.1. The number of carbonyl (C=O) groups is 1. The van der Waals surface area contributed by atoms with E-state index in [1.807, 2.05) is 13.0 Å². The Hall–Kier alpha value is -3.50. The number of esters is 1. The molecule has 1 N–H and O–H groups in total. The van der Waals surface area contributed by atoms with Crippen LogP contribution in [0.2, 0.25) is 0 Å². The second kappa shape index (κ2) is 10.0. The van der Waals surface area contributed by atoms with Crippen molar-refractivity contribution in [2.45, 2.75) is 38.8 Å². The quantitative estimate of drug-likeness (QED) is 0.444. The summed E-state index contributed by atoms with van der Waals surface area (Å²) < 4.78 is 50.1. The average molecular weight is 501 g/mol. The summed E-state index contributed by atoms with van der Waals surface area (Å²) in [5.41, 5.74) is 3.13. The largest absolute Gasteiger partial charge is 0.497 e. The predicted molar refractivity (Wildman–Crippen MR) is 128 cm³/mol. The maximum atomic E-state index is 13.8. The van der Waals surface area contributed by atoms with Crippen molar-refractivity contribution in [3.63, 3.8) is 0 Å². The van der Waals surface area contributed by atoms with Gasteiger partial charge in [-0.15, -0.1) is 0 Å². The fourth-order valence-corrected chi connectivity index (χ4v) is 5.37. The highest BCUT2D eigenvalue weighted by atomic mass is 32.2. The van der Waals surface area contributed by atoms with Gasteiger partial charge in [-0.25, -0.2) is 13.2 Å². The maximum absolute atomic E-state index is 13.8. The summed E-state index contributed by atoms with van der Waals surface area (Å²) in [6.07, 6.45) is 0. The van der Waals surface area contributed by atoms with Crippen LogP contribution >= 0.6 is 0 Å². The molecule has 35 heavy (non-hydrogen) atoms. The van der Waals surface area contributed by atoms with Crippen LogP contribution in [0.25, 0.3) is 0 Å². The molecule has 0 amide bonds. The van der Waals surface area contributed by atoms with Gasteiger partial charge in [-0.05, 0) is 73.9 Å². The standard InChI is InChI=1S/C25H28N2O7S/c1-5-32-25(28)24-16(2)21(17(3)26-24)14-27(13-18-6-11-22-23(12-18)34-15-33-22)35(29,30)20-9-7-19(31-4)8-10-20/h6-12,26H,5,13-15H2,1-4H3. The number of aromatic nitrogens is 1. The number of sulfonamides is 1. The number of ether oxygens (including phenoxy) is 4. The molecule has 0 bridgehead atoms. The van der Waals surface area contributed by atoms with E-state index < -0.39 is 16.0 Å². The number of nitrogens with one attached hydrogen (secondary N) is 1. The minimum atomic E-state index is -3.92. The summed E-state index contributed by atoms with van der Waals surface area (Å²) in [5, 5.41) is 0. The van der Waals surface area contributed by atoms with Gasteiger partial charge in [-0.3, -0.25) is 0 Å². The summed E-state index contributed by atoms with van der Waals surface area (Å²) in [6, 6.07) is 11.6. The lowest BCUT2D eigenvalue weighted by Crippen LogP contribution is -2.30. The summed E-state index contributed by atoms with van der Waals surface area (Å²) in [7, 11) is -2.39. The van der Waals surface area contributed by atoms with E-state index >= 15 is 0 Å². The van der Waals surface area contributed by atoms with Crippen molar-refractivity contribution in [1.82, 2.24) is 9.29 Å². The third-order valence-electron chi connectivity index (χ3n) is 5.90. The van der Waals surface area contributed by atoms with E-state index in [9.17, 15) is 13.2 Å². The van der Waals surface area contributed by atoms with Gasteiger partial charge in [-0.1, -0.05) is 6.07 Å². The molecular weight excluding hydrogens is 472 g/mol. The molecule has 10 heteroatoms. The van der Waals surface area contributed by atoms with Crippen molar-refractivity contribution < 1.29 is 32.2 Å². The molecule has 1 aliphatic rings. The first-order valence-electron chi connectivity index (χ1n) is 11.1. The van der Waals surface area contributed by atoms with Crippen LogP contribution in [0.1, 0.15) is 39.8 Å². The topological polar surface area (TPSA) is 107 Å². The molecule has 1 aromatic heterocycles. The summed E-state index contributed by atoms with van der Waals surface area (Å²) in [6.45, 7) is 5.84. The molecule has 186 valence electrons. The van der Waals surface area contributed by atoms with E-state index in [4.69, 9.17) is 18.9 Å². The zero-order chi connectivity index (χ0) is 25.2. The Kier molecular flexibility index (Phi) is 7.04. The number of H-pyrrole nitrogens is 1. The minimum absolute atomic E-state index is 0.0520. The second-order valence-corrected chi connectivity index (χ2v) is 10.0. The maximum Gasteiger partial charge on any atom is 0.355 e. The number of benzene rings is 2. The minimum Gasteiger partial charge on any atom is -0.497 e. The Bertz CT molecular complexity index is 1330. The van der Waals surface area contributed by atoms with Gasteiger partial charge >= 0.3 is 5.97 Å². The van der Waals surface area contributed by atoms with Crippen molar-refractivity contribution in [3.8, 4) is 17.2 Å². The lowest BCUT2D eigenvalue weighted by Gasteiger charge is -2.23. The number of fused-ring (bicyclic) bond motifs is 1. The number of hydrogen-bond donors (Lipinski definition) is 1. The first kappa shape index (κ1) is 24.6. The zero-order valence-electron chi connectivity index (χ0n) is 20.1. The third kappa shape index (κ3) is 4.98. The van der Waals surface area contributed by atoms with Crippen LogP contribution < -0.4 is 14.2 Å². The van der Waals surface area contributed by atoms with E-state index in [0.29, 0.717) is 39.8 Å². The molecule has 0 aliphatic carbocycles. The van der Waals surface area contributed by atoms with Gasteiger partial charge in [0.1, 0.15) is 11.4 Å². The van der Waals surface area contributed by atoms with E-state index in [2.05, 4.69) is 4.98 Å². The number of rotatable bonds is 9. The van der Waals surface area contributed by atoms with Crippen LogP contribution in [-0.2, 0) is 27.8 Å². The van der Waals surface area contributed by atoms with Crippen LogP contribution in [0.5, 0.6) is 17.2 Å². The van der Waals surface area contributed by atoms with Gasteiger partial charge in [0.2, 0.25) is 16.8 Å². The van der Waals surface area contributed by atoms with Gasteiger partial charge < -0.3 is 23.9 Å². The van der Waals surface area contributed by atoms with Gasteiger partial charge in [0.05, 0.1) is 18.6 Å². The Labute approximate surface area is 204 Å². The van der Waals surface area contributed by atoms with Gasteiger partial charge in [0, 0.05) is 18.8 Å². The molecule has 0 spiro atoms. The van der Waals surface area contributed by atoms with Crippen molar-refractivity contribution in [2.75, 3.05) is 20.5 Å². The fraction of sp³-hybridized carbons (Fsp3) is 0.320. The van der Waals surface area contributed by atoms with Crippen molar-refractivity contribution in [2.24, 2.45) is 0 Å². The van der Waals surface area contributed by atoms with E-state index in [1.54, 1.807) is 38.1 Å². The SMILES string of the molecule is CCOC(=O)c1[nH]c(C)c(CN(Cc2ccc3c(c2)OCO3)S(=O)(=O)c2ccc(OC)cc2)c1C. The van der Waals surface area contributed by atoms with Crippen molar-refractivity contribution in [3.05, 3.63) is 70.5 Å². The first-order valence-corrected chi connectivity index (χ1v) is 12.6. The van der Waals surface area contributed by atoms with Gasteiger partial charge in [-0.2, -0.15) is 4.31 Å². The summed E-state index contributed by atoms with van der Waals surface area (Å²) in [5.74, 6) is 1.28. The van der Waals surface area contributed by atoms with Crippen LogP contribution in [0.15, 0.2) is 47.4 Å². The number of aryl methyl sites for hydroxylation is 1. The molecule has 2 aromatic carbocycles. The van der Waals surface area contributed by atoms with Crippen LogP contribution in [0.3, 0.4) is 0 Å². The summed E-state index contributed by atoms with van der Waals surface area (Å²) >= 11 is 0. The van der Waals surface area contributed by atoms with Crippen LogP contribution in [0.4, 0.5) is 0 Å². The highest BCUT2D eigenvalue weighted by molar-refractivity contribution is 7.89. The molecule has 2 heterocycles.